The van der Waals surface area contributed by atoms with Gasteiger partial charge < -0.3 is 10.4 Å². The molecule has 100 valence electrons. The maximum atomic E-state index is 11.2. The molecule has 0 aromatic carbocycles. The second kappa shape index (κ2) is 9.89. The highest BCUT2D eigenvalue weighted by Gasteiger charge is 2.07. The molecule has 0 rings (SSSR count). The predicted molar refractivity (Wildman–Crippen MR) is 63.5 cm³/mol. The maximum absolute atomic E-state index is 11.2. The van der Waals surface area contributed by atoms with E-state index in [0.29, 0.717) is 0 Å². The molecule has 17 heavy (non-hydrogen) atoms. The van der Waals surface area contributed by atoms with Crippen LogP contribution in [0.1, 0.15) is 46.0 Å². The van der Waals surface area contributed by atoms with Crippen LogP contribution < -0.4 is 10.8 Å². The third-order valence-corrected chi connectivity index (χ3v) is 2.23. The Bertz CT molecular complexity index is 234. The number of urea groups is 1. The molecule has 1 atom stereocenters. The van der Waals surface area contributed by atoms with Crippen molar-refractivity contribution in [3.63, 3.8) is 0 Å². The van der Waals surface area contributed by atoms with Crippen LogP contribution in [0.25, 0.3) is 0 Å². The third-order valence-electron chi connectivity index (χ3n) is 2.23. The minimum Gasteiger partial charge on any atom is -0.479 e. The Morgan fingerprint density at radius 2 is 2.00 bits per heavy atom. The molecule has 0 spiro atoms. The van der Waals surface area contributed by atoms with Gasteiger partial charge in [-0.25, -0.2) is 15.1 Å². The van der Waals surface area contributed by atoms with E-state index in [9.17, 15) is 9.59 Å². The molecule has 3 N–H and O–H groups in total. The van der Waals surface area contributed by atoms with Crippen molar-refractivity contribution in [3.05, 3.63) is 0 Å². The fraction of sp³-hybridized carbons (Fsp3) is 0.818. The van der Waals surface area contributed by atoms with Crippen molar-refractivity contribution >= 4 is 12.0 Å². The van der Waals surface area contributed by atoms with Crippen molar-refractivity contribution in [2.45, 2.75) is 52.0 Å². The molecule has 0 aromatic rings. The largest absolute Gasteiger partial charge is 0.479 e. The van der Waals surface area contributed by atoms with Crippen molar-refractivity contribution in [2.24, 2.45) is 0 Å². The van der Waals surface area contributed by atoms with Crippen molar-refractivity contribution in [1.82, 2.24) is 10.8 Å². The number of aliphatic carboxylic acids is 1. The van der Waals surface area contributed by atoms with Crippen LogP contribution >= 0.6 is 0 Å². The fourth-order valence-corrected chi connectivity index (χ4v) is 1.37. The van der Waals surface area contributed by atoms with E-state index >= 15 is 0 Å². The summed E-state index contributed by atoms with van der Waals surface area (Å²) < 4.78 is 0. The lowest BCUT2D eigenvalue weighted by atomic mass is 10.1. The van der Waals surface area contributed by atoms with E-state index < -0.39 is 18.6 Å². The average molecular weight is 246 g/mol. The molecule has 6 nitrogen and oxygen atoms in total. The normalized spacial score (nSPS) is 11.9. The van der Waals surface area contributed by atoms with Crippen molar-refractivity contribution in [3.8, 4) is 0 Å². The molecule has 0 saturated heterocycles. The molecule has 0 aliphatic heterocycles. The van der Waals surface area contributed by atoms with E-state index in [1.165, 1.54) is 19.3 Å². The van der Waals surface area contributed by atoms with Gasteiger partial charge in [0.25, 0.3) is 0 Å². The monoisotopic (exact) mass is 246 g/mol. The summed E-state index contributed by atoms with van der Waals surface area (Å²) in [6.45, 7) is 3.51. The summed E-state index contributed by atoms with van der Waals surface area (Å²) in [6, 6.07) is -0.450. The number of carboxylic acid groups (broad SMARTS) is 1. The second-order valence-electron chi connectivity index (χ2n) is 4.01. The molecule has 1 unspecified atom stereocenters. The van der Waals surface area contributed by atoms with E-state index in [-0.39, 0.29) is 6.04 Å². The van der Waals surface area contributed by atoms with E-state index in [4.69, 9.17) is 5.11 Å². The van der Waals surface area contributed by atoms with Gasteiger partial charge in [-0.15, -0.1) is 0 Å². The summed E-state index contributed by atoms with van der Waals surface area (Å²) in [5.74, 6) is -1.13. The highest BCUT2D eigenvalue weighted by Crippen LogP contribution is 2.04. The van der Waals surface area contributed by atoms with Crippen LogP contribution in [0, 0.1) is 0 Å². The Kier molecular flexibility index (Phi) is 9.14. The average Bonchev–Trinajstić information content (AvgIpc) is 2.23. The zero-order valence-corrected chi connectivity index (χ0v) is 10.5. The van der Waals surface area contributed by atoms with Crippen LogP contribution in [0.3, 0.4) is 0 Å². The van der Waals surface area contributed by atoms with Crippen LogP contribution in [-0.2, 0) is 9.63 Å². The van der Waals surface area contributed by atoms with Crippen LogP contribution in [0.4, 0.5) is 4.79 Å². The molecule has 0 aliphatic rings. The number of hydrogen-bond acceptors (Lipinski definition) is 3. The van der Waals surface area contributed by atoms with Crippen LogP contribution in [0.15, 0.2) is 0 Å². The molecule has 0 saturated carbocycles. The number of nitrogens with one attached hydrogen (secondary N) is 2. The summed E-state index contributed by atoms with van der Waals surface area (Å²) in [5, 5.41) is 10.9. The standard InChI is InChI=1S/C11H22N2O4/c1-3-4-5-6-7-9(2)12-11(16)13-17-8-10(14)15/h9H,3-8H2,1-2H3,(H,14,15)(H2,12,13,16). The Labute approximate surface area is 102 Å². The zero-order chi connectivity index (χ0) is 13.1. The predicted octanol–water partition coefficient (Wildman–Crippen LogP) is 1.66. The van der Waals surface area contributed by atoms with Gasteiger partial charge in [-0.1, -0.05) is 32.6 Å². The molecule has 6 heteroatoms. The van der Waals surface area contributed by atoms with Gasteiger partial charge in [-0.2, -0.15) is 0 Å². The van der Waals surface area contributed by atoms with Gasteiger partial charge >= 0.3 is 12.0 Å². The number of carbonyl (C=O) groups is 2. The van der Waals surface area contributed by atoms with Crippen LogP contribution in [-0.4, -0.2) is 29.8 Å². The van der Waals surface area contributed by atoms with Gasteiger partial charge in [0.2, 0.25) is 0 Å². The molecular weight excluding hydrogens is 224 g/mol. The molecular formula is C11H22N2O4. The SMILES string of the molecule is CCCCCCC(C)NC(=O)NOCC(=O)O. The minimum atomic E-state index is -1.13. The van der Waals surface area contributed by atoms with Gasteiger partial charge in [-0.05, 0) is 13.3 Å². The van der Waals surface area contributed by atoms with E-state index in [2.05, 4.69) is 17.1 Å². The van der Waals surface area contributed by atoms with Gasteiger partial charge in [0, 0.05) is 6.04 Å². The Morgan fingerprint density at radius 3 is 2.59 bits per heavy atom. The summed E-state index contributed by atoms with van der Waals surface area (Å²) in [7, 11) is 0. The summed E-state index contributed by atoms with van der Waals surface area (Å²) >= 11 is 0. The van der Waals surface area contributed by atoms with Crippen LogP contribution in [0.5, 0.6) is 0 Å². The number of carboxylic acids is 1. The third kappa shape index (κ3) is 11.0. The van der Waals surface area contributed by atoms with Gasteiger partial charge in [0.1, 0.15) is 0 Å². The maximum Gasteiger partial charge on any atom is 0.338 e. The van der Waals surface area contributed by atoms with Crippen molar-refractivity contribution < 1.29 is 19.5 Å². The minimum absolute atomic E-state index is 0.0558. The highest BCUT2D eigenvalue weighted by molar-refractivity contribution is 5.73. The summed E-state index contributed by atoms with van der Waals surface area (Å²) in [6.07, 6.45) is 5.54. The molecule has 0 aromatic heterocycles. The molecule has 0 aliphatic carbocycles. The quantitative estimate of drug-likeness (QED) is 0.426. The molecule has 0 fully saturated rings. The lowest BCUT2D eigenvalue weighted by Crippen LogP contribution is -2.41. The number of carbonyl (C=O) groups excluding carboxylic acids is 1. The molecule has 0 heterocycles. The van der Waals surface area contributed by atoms with E-state index in [0.717, 1.165) is 12.8 Å². The molecule has 2 amide bonds. The van der Waals surface area contributed by atoms with Gasteiger partial charge in [-0.3, -0.25) is 4.84 Å². The zero-order valence-electron chi connectivity index (χ0n) is 10.5. The lowest BCUT2D eigenvalue weighted by Gasteiger charge is -2.13. The van der Waals surface area contributed by atoms with E-state index in [1.807, 2.05) is 12.4 Å². The molecule has 0 bridgehead atoms. The number of hydroxylamine groups is 1. The van der Waals surface area contributed by atoms with Crippen LogP contribution in [0.2, 0.25) is 0 Å². The first-order valence-electron chi connectivity index (χ1n) is 5.96. The van der Waals surface area contributed by atoms with Gasteiger partial charge in [0.15, 0.2) is 6.61 Å². The smallest absolute Gasteiger partial charge is 0.338 e. The fourth-order valence-electron chi connectivity index (χ4n) is 1.37. The number of amides is 2. The first-order valence-corrected chi connectivity index (χ1v) is 5.96. The molecule has 0 radical (unpaired) electrons. The number of rotatable bonds is 9. The first kappa shape index (κ1) is 15.7. The van der Waals surface area contributed by atoms with Crippen molar-refractivity contribution in [2.75, 3.05) is 6.61 Å². The first-order chi connectivity index (χ1) is 8.06. The Morgan fingerprint density at radius 1 is 1.29 bits per heavy atom. The summed E-state index contributed by atoms with van der Waals surface area (Å²) in [5.41, 5.74) is 2.02. The lowest BCUT2D eigenvalue weighted by molar-refractivity contribution is -0.144. The van der Waals surface area contributed by atoms with Gasteiger partial charge in [0.05, 0.1) is 0 Å². The van der Waals surface area contributed by atoms with Crippen molar-refractivity contribution in [1.29, 1.82) is 0 Å². The highest BCUT2D eigenvalue weighted by atomic mass is 16.7. The van der Waals surface area contributed by atoms with E-state index in [1.54, 1.807) is 0 Å². The second-order valence-corrected chi connectivity index (χ2v) is 4.01. The summed E-state index contributed by atoms with van der Waals surface area (Å²) in [4.78, 5) is 25.7. The number of unbranched alkanes of at least 4 members (excludes halogenated alkanes) is 3. The number of hydrogen-bond donors (Lipinski definition) is 3. The Balaban J connectivity index is 3.48. The Hall–Kier alpha value is -1.30. The topological polar surface area (TPSA) is 87.7 Å².